The number of hydrogen-bond donors (Lipinski definition) is 1. The topological polar surface area (TPSA) is 69.0 Å². The largest absolute Gasteiger partial charge is 0.477 e. The van der Waals surface area contributed by atoms with Crippen LogP contribution < -0.4 is 10.1 Å². The molecule has 0 atom stereocenters. The summed E-state index contributed by atoms with van der Waals surface area (Å²) in [6, 6.07) is 0. The van der Waals surface area contributed by atoms with E-state index in [0.717, 1.165) is 17.1 Å². The van der Waals surface area contributed by atoms with Crippen LogP contribution in [0.2, 0.25) is 5.02 Å². The van der Waals surface area contributed by atoms with Gasteiger partial charge in [0.1, 0.15) is 10.0 Å². The average molecular weight is 313 g/mol. The number of ether oxygens (including phenoxy) is 1. The highest BCUT2D eigenvalue weighted by molar-refractivity contribution is 7.09. The Balaban J connectivity index is 1.72. The first-order chi connectivity index (χ1) is 9.65. The normalized spacial score (nSPS) is 13.7. The number of nitrogens with one attached hydrogen (secondary N) is 1. The molecule has 0 spiro atoms. The number of halogens is 1. The van der Waals surface area contributed by atoms with Crippen LogP contribution in [-0.4, -0.2) is 27.3 Å². The summed E-state index contributed by atoms with van der Waals surface area (Å²) in [7, 11) is 0. The first-order valence-electron chi connectivity index (χ1n) is 6.23. The SMILES string of the molecule is Cc1csc(CNC(=O)c2nn3c(c2Cl)OCCC3)n1. The lowest BCUT2D eigenvalue weighted by Gasteiger charge is -2.14. The van der Waals surface area contributed by atoms with Crippen LogP contribution in [0, 0.1) is 6.92 Å². The van der Waals surface area contributed by atoms with Gasteiger partial charge in [-0.05, 0) is 6.92 Å². The van der Waals surface area contributed by atoms with Gasteiger partial charge in [-0.15, -0.1) is 11.3 Å². The first kappa shape index (κ1) is 13.4. The van der Waals surface area contributed by atoms with Crippen molar-refractivity contribution in [2.75, 3.05) is 6.61 Å². The molecule has 0 saturated heterocycles. The minimum atomic E-state index is -0.312. The molecular formula is C12H13ClN4O2S. The van der Waals surface area contributed by atoms with Gasteiger partial charge < -0.3 is 10.1 Å². The second-order valence-electron chi connectivity index (χ2n) is 4.46. The van der Waals surface area contributed by atoms with Crippen molar-refractivity contribution in [2.45, 2.75) is 26.4 Å². The van der Waals surface area contributed by atoms with Crippen molar-refractivity contribution in [1.82, 2.24) is 20.1 Å². The van der Waals surface area contributed by atoms with Crippen LogP contribution >= 0.6 is 22.9 Å². The fourth-order valence-corrected chi connectivity index (χ4v) is 2.95. The number of aryl methyl sites for hydroxylation is 2. The summed E-state index contributed by atoms with van der Waals surface area (Å²) in [5.74, 6) is 0.168. The van der Waals surface area contributed by atoms with Gasteiger partial charge in [0.2, 0.25) is 5.88 Å². The Morgan fingerprint density at radius 2 is 2.50 bits per heavy atom. The molecule has 1 N–H and O–H groups in total. The van der Waals surface area contributed by atoms with E-state index in [-0.39, 0.29) is 16.6 Å². The summed E-state index contributed by atoms with van der Waals surface area (Å²) in [5.41, 5.74) is 1.15. The Labute approximate surface area is 124 Å². The van der Waals surface area contributed by atoms with E-state index in [4.69, 9.17) is 16.3 Å². The molecule has 0 bridgehead atoms. The van der Waals surface area contributed by atoms with Gasteiger partial charge in [-0.3, -0.25) is 4.79 Å². The van der Waals surface area contributed by atoms with E-state index in [9.17, 15) is 4.79 Å². The third-order valence-corrected chi connectivity index (χ3v) is 4.19. The molecule has 0 fully saturated rings. The number of rotatable bonds is 3. The highest BCUT2D eigenvalue weighted by Gasteiger charge is 2.24. The number of hydrogen-bond acceptors (Lipinski definition) is 5. The highest BCUT2D eigenvalue weighted by atomic mass is 35.5. The van der Waals surface area contributed by atoms with Gasteiger partial charge in [0.05, 0.1) is 13.2 Å². The maximum absolute atomic E-state index is 12.1. The number of amides is 1. The molecule has 1 amide bonds. The third kappa shape index (κ3) is 2.51. The summed E-state index contributed by atoms with van der Waals surface area (Å²) in [6.07, 6.45) is 0.866. The van der Waals surface area contributed by atoms with Gasteiger partial charge in [-0.2, -0.15) is 5.10 Å². The van der Waals surface area contributed by atoms with Crippen molar-refractivity contribution in [2.24, 2.45) is 0 Å². The van der Waals surface area contributed by atoms with Gasteiger partial charge in [-0.25, -0.2) is 9.67 Å². The molecule has 0 unspecified atom stereocenters. The second kappa shape index (κ2) is 5.41. The van der Waals surface area contributed by atoms with Gasteiger partial charge in [0.15, 0.2) is 5.69 Å². The highest BCUT2D eigenvalue weighted by Crippen LogP contribution is 2.30. The average Bonchev–Trinajstić information content (AvgIpc) is 3.01. The molecule has 1 aliphatic rings. The van der Waals surface area contributed by atoms with Gasteiger partial charge in [-0.1, -0.05) is 11.6 Å². The molecule has 106 valence electrons. The van der Waals surface area contributed by atoms with E-state index in [1.165, 1.54) is 11.3 Å². The van der Waals surface area contributed by atoms with Crippen molar-refractivity contribution in [3.05, 3.63) is 26.8 Å². The van der Waals surface area contributed by atoms with E-state index in [0.29, 0.717) is 25.6 Å². The van der Waals surface area contributed by atoms with Crippen LogP contribution in [0.5, 0.6) is 5.88 Å². The zero-order valence-electron chi connectivity index (χ0n) is 10.9. The van der Waals surface area contributed by atoms with Crippen molar-refractivity contribution >= 4 is 28.8 Å². The number of thiazole rings is 1. The number of carbonyl (C=O) groups excluding carboxylic acids is 1. The minimum Gasteiger partial charge on any atom is -0.477 e. The molecule has 3 rings (SSSR count). The minimum absolute atomic E-state index is 0.205. The summed E-state index contributed by atoms with van der Waals surface area (Å²) in [6.45, 7) is 3.61. The van der Waals surface area contributed by atoms with Crippen LogP contribution in [0.3, 0.4) is 0 Å². The van der Waals surface area contributed by atoms with Gasteiger partial charge in [0, 0.05) is 24.0 Å². The Morgan fingerprint density at radius 3 is 3.20 bits per heavy atom. The fraction of sp³-hybridized carbons (Fsp3) is 0.417. The van der Waals surface area contributed by atoms with Crippen molar-refractivity contribution in [1.29, 1.82) is 0 Å². The predicted octanol–water partition coefficient (Wildman–Crippen LogP) is 2.01. The van der Waals surface area contributed by atoms with Crippen LogP contribution in [0.25, 0.3) is 0 Å². The molecule has 0 aromatic carbocycles. The molecule has 0 aliphatic carbocycles. The number of aromatic nitrogens is 3. The molecule has 2 aromatic heterocycles. The number of nitrogens with zero attached hydrogens (tertiary/aromatic N) is 3. The molecule has 8 heteroatoms. The third-order valence-electron chi connectivity index (χ3n) is 2.89. The monoisotopic (exact) mass is 312 g/mol. The maximum atomic E-state index is 12.1. The van der Waals surface area contributed by atoms with Crippen molar-refractivity contribution in [3.63, 3.8) is 0 Å². The van der Waals surface area contributed by atoms with Crippen molar-refractivity contribution in [3.8, 4) is 5.88 Å². The lowest BCUT2D eigenvalue weighted by Crippen LogP contribution is -2.23. The smallest absolute Gasteiger partial charge is 0.273 e. The molecule has 0 saturated carbocycles. The summed E-state index contributed by atoms with van der Waals surface area (Å²) in [4.78, 5) is 16.4. The van der Waals surface area contributed by atoms with Crippen LogP contribution in [0.4, 0.5) is 0 Å². The van der Waals surface area contributed by atoms with Crippen molar-refractivity contribution < 1.29 is 9.53 Å². The Morgan fingerprint density at radius 1 is 1.65 bits per heavy atom. The molecule has 0 radical (unpaired) electrons. The Hall–Kier alpha value is -1.60. The summed E-state index contributed by atoms with van der Waals surface area (Å²) < 4.78 is 7.06. The summed E-state index contributed by atoms with van der Waals surface area (Å²) in [5, 5.41) is 10.0. The first-order valence-corrected chi connectivity index (χ1v) is 7.49. The van der Waals surface area contributed by atoms with E-state index >= 15 is 0 Å². The Bertz CT molecular complexity index is 652. The van der Waals surface area contributed by atoms with E-state index in [2.05, 4.69) is 15.4 Å². The van der Waals surface area contributed by atoms with E-state index < -0.39 is 0 Å². The fourth-order valence-electron chi connectivity index (χ4n) is 1.97. The molecule has 3 heterocycles. The van der Waals surface area contributed by atoms with E-state index in [1.807, 2.05) is 12.3 Å². The Kier molecular flexibility index (Phi) is 3.62. The lowest BCUT2D eigenvalue weighted by molar-refractivity contribution is 0.0945. The standard InChI is InChI=1S/C12H13ClN4O2S/c1-7-6-20-8(15-7)5-14-11(18)10-9(13)12-17(16-10)3-2-4-19-12/h6H,2-5H2,1H3,(H,14,18). The van der Waals surface area contributed by atoms with Gasteiger partial charge in [0.25, 0.3) is 5.91 Å². The van der Waals surface area contributed by atoms with Gasteiger partial charge >= 0.3 is 0 Å². The van der Waals surface area contributed by atoms with Crippen LogP contribution in [-0.2, 0) is 13.1 Å². The number of carbonyl (C=O) groups is 1. The quantitative estimate of drug-likeness (QED) is 0.941. The molecule has 1 aliphatic heterocycles. The molecule has 6 nitrogen and oxygen atoms in total. The maximum Gasteiger partial charge on any atom is 0.273 e. The van der Waals surface area contributed by atoms with Crippen LogP contribution in [0.15, 0.2) is 5.38 Å². The summed E-state index contributed by atoms with van der Waals surface area (Å²) >= 11 is 7.65. The zero-order valence-corrected chi connectivity index (χ0v) is 12.4. The molecule has 2 aromatic rings. The lowest BCUT2D eigenvalue weighted by atomic mass is 10.4. The predicted molar refractivity (Wildman–Crippen MR) is 75.4 cm³/mol. The van der Waals surface area contributed by atoms with E-state index in [1.54, 1.807) is 4.68 Å². The zero-order chi connectivity index (χ0) is 14.1. The van der Waals surface area contributed by atoms with Crippen LogP contribution in [0.1, 0.15) is 27.6 Å². The molecular weight excluding hydrogens is 300 g/mol. The second-order valence-corrected chi connectivity index (χ2v) is 5.78. The molecule has 20 heavy (non-hydrogen) atoms. The number of fused-ring (bicyclic) bond motifs is 1.